The van der Waals surface area contributed by atoms with Gasteiger partial charge in [0, 0.05) is 0 Å². The molecule has 0 saturated carbocycles. The molecule has 0 heterocycles. The van der Waals surface area contributed by atoms with Crippen molar-refractivity contribution in [1.29, 1.82) is 0 Å². The molecule has 2 N–H and O–H groups in total. The van der Waals surface area contributed by atoms with Crippen LogP contribution in [0.5, 0.6) is 0 Å². The molecule has 0 saturated heterocycles. The Morgan fingerprint density at radius 2 is 1.88 bits per heavy atom. The fraction of sp³-hybridized carbons (Fsp3) is 0.500. The normalized spacial score (nSPS) is 9.29. The predicted octanol–water partition coefficient (Wildman–Crippen LogP) is 2.71. The Labute approximate surface area is 104 Å². The Balaban J connectivity index is 0.000000325. The standard InChI is InChI=1S/C8H8O2.C6H15N/c9-8(10)6-7-4-2-1-3-5-7;1-3-5-6-7-4-2/h1-5H,6H2,(H,9,10);7H,3-6H2,1-2H3. The molecule has 0 amide bonds. The van der Waals surface area contributed by atoms with Crippen molar-refractivity contribution in [3.05, 3.63) is 35.9 Å². The van der Waals surface area contributed by atoms with E-state index in [1.54, 1.807) is 12.1 Å². The summed E-state index contributed by atoms with van der Waals surface area (Å²) >= 11 is 0. The SMILES string of the molecule is CCCCNCC.O=C(O)Cc1ccccc1. The number of hydrogen-bond acceptors (Lipinski definition) is 2. The maximum Gasteiger partial charge on any atom is 0.307 e. The molecule has 0 spiro atoms. The first-order valence-electron chi connectivity index (χ1n) is 6.17. The van der Waals surface area contributed by atoms with Gasteiger partial charge < -0.3 is 10.4 Å². The van der Waals surface area contributed by atoms with Gasteiger partial charge in [-0.05, 0) is 25.1 Å². The molecule has 1 aromatic rings. The largest absolute Gasteiger partial charge is 0.481 e. The van der Waals surface area contributed by atoms with Gasteiger partial charge in [-0.25, -0.2) is 0 Å². The molecule has 3 nitrogen and oxygen atoms in total. The zero-order valence-electron chi connectivity index (χ0n) is 10.8. The van der Waals surface area contributed by atoms with Gasteiger partial charge in [0.25, 0.3) is 0 Å². The highest BCUT2D eigenvalue weighted by molar-refractivity contribution is 5.70. The van der Waals surface area contributed by atoms with Crippen molar-refractivity contribution in [3.8, 4) is 0 Å². The molecule has 1 aromatic carbocycles. The second-order valence-corrected chi connectivity index (χ2v) is 3.76. The monoisotopic (exact) mass is 237 g/mol. The van der Waals surface area contributed by atoms with Crippen LogP contribution < -0.4 is 5.32 Å². The minimum Gasteiger partial charge on any atom is -0.481 e. The van der Waals surface area contributed by atoms with E-state index in [-0.39, 0.29) is 6.42 Å². The van der Waals surface area contributed by atoms with Crippen LogP contribution in [0.1, 0.15) is 32.3 Å². The zero-order chi connectivity index (χ0) is 12.9. The highest BCUT2D eigenvalue weighted by Gasteiger charge is 1.96. The molecule has 0 aliphatic heterocycles. The molecule has 0 aromatic heterocycles. The van der Waals surface area contributed by atoms with E-state index in [2.05, 4.69) is 19.2 Å². The molecule has 0 aliphatic rings. The molecule has 0 atom stereocenters. The number of hydrogen-bond donors (Lipinski definition) is 2. The van der Waals surface area contributed by atoms with Gasteiger partial charge in [0.15, 0.2) is 0 Å². The molecule has 96 valence electrons. The quantitative estimate of drug-likeness (QED) is 0.748. The topological polar surface area (TPSA) is 49.3 Å². The van der Waals surface area contributed by atoms with Crippen molar-refractivity contribution < 1.29 is 9.90 Å². The molecular weight excluding hydrogens is 214 g/mol. The van der Waals surface area contributed by atoms with Crippen molar-refractivity contribution in [1.82, 2.24) is 5.32 Å². The highest BCUT2D eigenvalue weighted by atomic mass is 16.4. The van der Waals surface area contributed by atoms with E-state index in [1.165, 1.54) is 19.4 Å². The lowest BCUT2D eigenvalue weighted by Gasteiger charge is -1.95. The van der Waals surface area contributed by atoms with Gasteiger partial charge in [-0.15, -0.1) is 0 Å². The molecule has 0 unspecified atom stereocenters. The fourth-order valence-electron chi connectivity index (χ4n) is 1.25. The fourth-order valence-corrected chi connectivity index (χ4v) is 1.25. The molecule has 17 heavy (non-hydrogen) atoms. The third-order valence-corrected chi connectivity index (χ3v) is 2.16. The van der Waals surface area contributed by atoms with Crippen molar-refractivity contribution in [2.45, 2.75) is 33.1 Å². The first kappa shape index (κ1) is 15.7. The summed E-state index contributed by atoms with van der Waals surface area (Å²) in [6, 6.07) is 9.13. The zero-order valence-corrected chi connectivity index (χ0v) is 10.8. The maximum atomic E-state index is 10.2. The first-order valence-corrected chi connectivity index (χ1v) is 6.17. The molecule has 1 rings (SSSR count). The van der Waals surface area contributed by atoms with Gasteiger partial charge in [0.2, 0.25) is 0 Å². The minimum atomic E-state index is -0.786. The Hall–Kier alpha value is -1.35. The summed E-state index contributed by atoms with van der Waals surface area (Å²) in [6.07, 6.45) is 2.72. The number of carboxylic acids is 1. The van der Waals surface area contributed by atoms with Gasteiger partial charge >= 0.3 is 5.97 Å². The molecular formula is C14H23NO2. The third kappa shape index (κ3) is 10.9. The van der Waals surface area contributed by atoms with Crippen LogP contribution in [0.4, 0.5) is 0 Å². The number of carbonyl (C=O) groups is 1. The molecule has 3 heteroatoms. The average Bonchev–Trinajstić information content (AvgIpc) is 2.31. The van der Waals surface area contributed by atoms with E-state index in [1.807, 2.05) is 18.2 Å². The number of benzene rings is 1. The van der Waals surface area contributed by atoms with Crippen LogP contribution in [0, 0.1) is 0 Å². The van der Waals surface area contributed by atoms with E-state index in [4.69, 9.17) is 5.11 Å². The number of nitrogens with one attached hydrogen (secondary N) is 1. The number of carboxylic acid groups (broad SMARTS) is 1. The summed E-state index contributed by atoms with van der Waals surface area (Å²) in [5, 5.41) is 11.6. The van der Waals surface area contributed by atoms with Crippen LogP contribution in [-0.2, 0) is 11.2 Å². The van der Waals surface area contributed by atoms with Crippen molar-refractivity contribution >= 4 is 5.97 Å². The van der Waals surface area contributed by atoms with E-state index in [9.17, 15) is 4.79 Å². The van der Waals surface area contributed by atoms with Crippen LogP contribution in [0.15, 0.2) is 30.3 Å². The average molecular weight is 237 g/mol. The van der Waals surface area contributed by atoms with E-state index in [0.717, 1.165) is 12.1 Å². The summed E-state index contributed by atoms with van der Waals surface area (Å²) in [7, 11) is 0. The van der Waals surface area contributed by atoms with Gasteiger partial charge in [-0.1, -0.05) is 50.6 Å². The molecule has 0 radical (unpaired) electrons. The summed E-state index contributed by atoms with van der Waals surface area (Å²) in [5.41, 5.74) is 0.843. The van der Waals surface area contributed by atoms with E-state index in [0.29, 0.717) is 0 Å². The van der Waals surface area contributed by atoms with E-state index >= 15 is 0 Å². The Morgan fingerprint density at radius 3 is 2.35 bits per heavy atom. The summed E-state index contributed by atoms with van der Waals surface area (Å²) < 4.78 is 0. The second kappa shape index (κ2) is 11.1. The third-order valence-electron chi connectivity index (χ3n) is 2.16. The molecule has 0 fully saturated rings. The van der Waals surface area contributed by atoms with Crippen LogP contribution in [0.3, 0.4) is 0 Å². The van der Waals surface area contributed by atoms with Gasteiger partial charge in [0.1, 0.15) is 0 Å². The lowest BCUT2D eigenvalue weighted by atomic mass is 10.2. The summed E-state index contributed by atoms with van der Waals surface area (Å²) in [6.45, 7) is 6.64. The number of unbranched alkanes of at least 4 members (excludes halogenated alkanes) is 1. The minimum absolute atomic E-state index is 0.112. The van der Waals surface area contributed by atoms with Crippen LogP contribution in [0.2, 0.25) is 0 Å². The Morgan fingerprint density at radius 1 is 1.24 bits per heavy atom. The van der Waals surface area contributed by atoms with Crippen LogP contribution >= 0.6 is 0 Å². The lowest BCUT2D eigenvalue weighted by Crippen LogP contribution is -2.13. The highest BCUT2D eigenvalue weighted by Crippen LogP contribution is 1.98. The Kier molecular flexibility index (Phi) is 10.3. The van der Waals surface area contributed by atoms with Gasteiger partial charge in [0.05, 0.1) is 6.42 Å². The van der Waals surface area contributed by atoms with Gasteiger partial charge in [-0.2, -0.15) is 0 Å². The predicted molar refractivity (Wildman–Crippen MR) is 71.2 cm³/mol. The first-order chi connectivity index (χ1) is 8.20. The van der Waals surface area contributed by atoms with Crippen molar-refractivity contribution in [3.63, 3.8) is 0 Å². The second-order valence-electron chi connectivity index (χ2n) is 3.76. The summed E-state index contributed by atoms with van der Waals surface area (Å²) in [4.78, 5) is 10.2. The number of aliphatic carboxylic acids is 1. The molecule has 0 bridgehead atoms. The van der Waals surface area contributed by atoms with Crippen molar-refractivity contribution in [2.24, 2.45) is 0 Å². The van der Waals surface area contributed by atoms with Gasteiger partial charge in [-0.3, -0.25) is 4.79 Å². The Bertz CT molecular complexity index is 282. The summed E-state index contributed by atoms with van der Waals surface area (Å²) in [5.74, 6) is -0.786. The lowest BCUT2D eigenvalue weighted by molar-refractivity contribution is -0.136. The van der Waals surface area contributed by atoms with Crippen LogP contribution in [0.25, 0.3) is 0 Å². The smallest absolute Gasteiger partial charge is 0.307 e. The van der Waals surface area contributed by atoms with Crippen molar-refractivity contribution in [2.75, 3.05) is 13.1 Å². The number of rotatable bonds is 6. The molecule has 0 aliphatic carbocycles. The maximum absolute atomic E-state index is 10.2. The van der Waals surface area contributed by atoms with Crippen LogP contribution in [-0.4, -0.2) is 24.2 Å². The van der Waals surface area contributed by atoms with E-state index < -0.39 is 5.97 Å².